The van der Waals surface area contributed by atoms with Crippen molar-refractivity contribution < 1.29 is 13.9 Å². The maximum absolute atomic E-state index is 13.0. The van der Waals surface area contributed by atoms with Crippen LogP contribution in [0.4, 0.5) is 4.39 Å². The predicted molar refractivity (Wildman–Crippen MR) is 45.8 cm³/mol. The molecule has 0 unspecified atom stereocenters. The Morgan fingerprint density at radius 2 is 2.15 bits per heavy atom. The lowest BCUT2D eigenvalue weighted by Gasteiger charge is -2.01. The number of aryl methyl sites for hydroxylation is 1. The Kier molecular flexibility index (Phi) is 2.92. The Morgan fingerprint density at radius 1 is 1.54 bits per heavy atom. The van der Waals surface area contributed by atoms with Gasteiger partial charge in [0.1, 0.15) is 4.60 Å². The van der Waals surface area contributed by atoms with E-state index in [1.165, 1.54) is 0 Å². The first kappa shape index (κ1) is 10.0. The van der Waals surface area contributed by atoms with E-state index >= 15 is 0 Å². The summed E-state index contributed by atoms with van der Waals surface area (Å²) in [5.74, 6) is -1.77. The Hall–Kier alpha value is -1.04. The van der Waals surface area contributed by atoms with Gasteiger partial charge in [0.05, 0.1) is 12.8 Å². The van der Waals surface area contributed by atoms with Gasteiger partial charge >= 0.3 is 5.97 Å². The highest BCUT2D eigenvalue weighted by Gasteiger charge is 2.17. The van der Waals surface area contributed by atoms with Crippen LogP contribution in [0.25, 0.3) is 0 Å². The molecule has 1 heterocycles. The maximum Gasteiger partial charge on any atom is 0.361 e. The minimum absolute atomic E-state index is 0.328. The van der Waals surface area contributed by atoms with Crippen molar-refractivity contribution in [2.75, 3.05) is 7.11 Å². The van der Waals surface area contributed by atoms with Crippen molar-refractivity contribution in [3.05, 3.63) is 21.9 Å². The fourth-order valence-electron chi connectivity index (χ4n) is 0.698. The third-order valence-electron chi connectivity index (χ3n) is 1.35. The summed E-state index contributed by atoms with van der Waals surface area (Å²) in [7, 11) is 1.15. The molecule has 0 saturated heterocycles. The number of hydrogen-bond acceptors (Lipinski definition) is 4. The van der Waals surface area contributed by atoms with Crippen LogP contribution in [0.3, 0.4) is 0 Å². The first-order valence-electron chi connectivity index (χ1n) is 3.34. The van der Waals surface area contributed by atoms with E-state index in [9.17, 15) is 9.18 Å². The normalized spacial score (nSPS) is 9.85. The monoisotopic (exact) mass is 248 g/mol. The SMILES string of the molecule is COC(=O)c1nc(Br)c(C)nc1F. The van der Waals surface area contributed by atoms with Gasteiger partial charge in [-0.15, -0.1) is 0 Å². The summed E-state index contributed by atoms with van der Waals surface area (Å²) in [4.78, 5) is 18.0. The second kappa shape index (κ2) is 3.78. The van der Waals surface area contributed by atoms with Gasteiger partial charge in [0.2, 0.25) is 11.6 Å². The van der Waals surface area contributed by atoms with Crippen LogP contribution < -0.4 is 0 Å². The molecule has 0 fully saturated rings. The Balaban J connectivity index is 3.23. The van der Waals surface area contributed by atoms with Gasteiger partial charge in [0, 0.05) is 0 Å². The van der Waals surface area contributed by atoms with Crippen molar-refractivity contribution in [1.29, 1.82) is 0 Å². The molecule has 70 valence electrons. The second-order valence-corrected chi connectivity index (χ2v) is 2.98. The highest BCUT2D eigenvalue weighted by atomic mass is 79.9. The van der Waals surface area contributed by atoms with Crippen molar-refractivity contribution in [1.82, 2.24) is 9.97 Å². The van der Waals surface area contributed by atoms with Crippen molar-refractivity contribution in [2.24, 2.45) is 0 Å². The average molecular weight is 249 g/mol. The molecular weight excluding hydrogens is 243 g/mol. The molecule has 0 aromatic carbocycles. The van der Waals surface area contributed by atoms with Crippen LogP contribution in [-0.2, 0) is 4.74 Å². The molecule has 13 heavy (non-hydrogen) atoms. The Morgan fingerprint density at radius 3 is 2.69 bits per heavy atom. The van der Waals surface area contributed by atoms with Crippen LogP contribution in [0, 0.1) is 12.9 Å². The van der Waals surface area contributed by atoms with E-state index < -0.39 is 17.6 Å². The lowest BCUT2D eigenvalue weighted by atomic mass is 10.4. The standard InChI is InChI=1S/C7H6BrFN2O2/c1-3-5(8)11-4(6(9)10-3)7(12)13-2/h1-2H3. The lowest BCUT2D eigenvalue weighted by Crippen LogP contribution is -2.10. The molecular formula is C7H6BrFN2O2. The quantitative estimate of drug-likeness (QED) is 0.707. The largest absolute Gasteiger partial charge is 0.464 e. The highest BCUT2D eigenvalue weighted by Crippen LogP contribution is 2.13. The average Bonchev–Trinajstić information content (AvgIpc) is 2.10. The number of hydrogen-bond donors (Lipinski definition) is 0. The van der Waals surface area contributed by atoms with Gasteiger partial charge in [-0.05, 0) is 22.9 Å². The summed E-state index contributed by atoms with van der Waals surface area (Å²) in [6.07, 6.45) is 0. The zero-order chi connectivity index (χ0) is 10.0. The summed E-state index contributed by atoms with van der Waals surface area (Å²) in [6.45, 7) is 1.57. The van der Waals surface area contributed by atoms with E-state index in [1.54, 1.807) is 6.92 Å². The van der Waals surface area contributed by atoms with Gasteiger partial charge in [0.15, 0.2) is 0 Å². The van der Waals surface area contributed by atoms with Gasteiger partial charge in [-0.2, -0.15) is 4.39 Å². The fourth-order valence-corrected chi connectivity index (χ4v) is 0.964. The van der Waals surface area contributed by atoms with Crippen molar-refractivity contribution in [3.63, 3.8) is 0 Å². The first-order valence-corrected chi connectivity index (χ1v) is 4.13. The zero-order valence-electron chi connectivity index (χ0n) is 6.97. The molecule has 0 aliphatic heterocycles. The number of ether oxygens (including phenoxy) is 1. The van der Waals surface area contributed by atoms with Crippen LogP contribution >= 0.6 is 15.9 Å². The third-order valence-corrected chi connectivity index (χ3v) is 2.10. The minimum Gasteiger partial charge on any atom is -0.464 e. The summed E-state index contributed by atoms with van der Waals surface area (Å²) in [5.41, 5.74) is -0.0369. The number of carbonyl (C=O) groups is 1. The highest BCUT2D eigenvalue weighted by molar-refractivity contribution is 9.10. The molecule has 0 N–H and O–H groups in total. The smallest absolute Gasteiger partial charge is 0.361 e. The Labute approximate surface area is 82.3 Å². The predicted octanol–water partition coefficient (Wildman–Crippen LogP) is 1.47. The minimum atomic E-state index is -0.924. The molecule has 0 aliphatic rings. The number of aromatic nitrogens is 2. The van der Waals surface area contributed by atoms with Crippen molar-refractivity contribution >= 4 is 21.9 Å². The fraction of sp³-hybridized carbons (Fsp3) is 0.286. The number of rotatable bonds is 1. The summed E-state index contributed by atoms with van der Waals surface area (Å²) < 4.78 is 17.6. The van der Waals surface area contributed by atoms with E-state index in [4.69, 9.17) is 0 Å². The van der Waals surface area contributed by atoms with Crippen LogP contribution in [-0.4, -0.2) is 23.0 Å². The van der Waals surface area contributed by atoms with Gasteiger partial charge in [0.25, 0.3) is 0 Å². The van der Waals surface area contributed by atoms with Crippen molar-refractivity contribution in [3.8, 4) is 0 Å². The van der Waals surface area contributed by atoms with Gasteiger partial charge < -0.3 is 4.74 Å². The number of methoxy groups -OCH3 is 1. The zero-order valence-corrected chi connectivity index (χ0v) is 8.55. The van der Waals surface area contributed by atoms with Gasteiger partial charge in [-0.1, -0.05) is 0 Å². The summed E-state index contributed by atoms with van der Waals surface area (Å²) in [5, 5.41) is 0. The molecule has 0 atom stereocenters. The summed E-state index contributed by atoms with van der Waals surface area (Å²) in [6, 6.07) is 0. The van der Waals surface area contributed by atoms with E-state index in [0.29, 0.717) is 10.3 Å². The molecule has 0 amide bonds. The number of esters is 1. The van der Waals surface area contributed by atoms with Crippen LogP contribution in [0.1, 0.15) is 16.2 Å². The van der Waals surface area contributed by atoms with Gasteiger partial charge in [-0.3, -0.25) is 0 Å². The maximum atomic E-state index is 13.0. The van der Waals surface area contributed by atoms with E-state index in [-0.39, 0.29) is 0 Å². The van der Waals surface area contributed by atoms with Crippen LogP contribution in [0.2, 0.25) is 0 Å². The van der Waals surface area contributed by atoms with E-state index in [0.717, 1.165) is 7.11 Å². The molecule has 0 spiro atoms. The molecule has 4 nitrogen and oxygen atoms in total. The van der Waals surface area contributed by atoms with Crippen molar-refractivity contribution in [2.45, 2.75) is 6.92 Å². The molecule has 6 heteroatoms. The topological polar surface area (TPSA) is 52.1 Å². The molecule has 1 aromatic heterocycles. The van der Waals surface area contributed by atoms with Gasteiger partial charge in [-0.25, -0.2) is 14.8 Å². The molecule has 0 saturated carbocycles. The van der Waals surface area contributed by atoms with Crippen LogP contribution in [0.15, 0.2) is 4.60 Å². The third kappa shape index (κ3) is 2.00. The van der Waals surface area contributed by atoms with Crippen LogP contribution in [0.5, 0.6) is 0 Å². The first-order chi connectivity index (χ1) is 6.06. The number of halogens is 2. The summed E-state index contributed by atoms with van der Waals surface area (Å²) >= 11 is 3.03. The Bertz CT molecular complexity index is 357. The molecule has 0 aliphatic carbocycles. The lowest BCUT2D eigenvalue weighted by molar-refractivity contribution is 0.0586. The molecule has 1 rings (SSSR count). The number of nitrogens with zero attached hydrogens (tertiary/aromatic N) is 2. The second-order valence-electron chi connectivity index (χ2n) is 2.23. The molecule has 1 aromatic rings. The molecule has 0 radical (unpaired) electrons. The van der Waals surface area contributed by atoms with E-state index in [2.05, 4.69) is 30.6 Å². The van der Waals surface area contributed by atoms with E-state index in [1.807, 2.05) is 0 Å². The molecule has 0 bridgehead atoms. The number of carbonyl (C=O) groups excluding carboxylic acids is 1.